The van der Waals surface area contributed by atoms with Crippen molar-refractivity contribution in [3.63, 3.8) is 0 Å². The molecule has 140 valence electrons. The van der Waals surface area contributed by atoms with E-state index in [4.69, 9.17) is 11.6 Å². The molecule has 0 spiro atoms. The fraction of sp³-hybridized carbons (Fsp3) is 0.316. The van der Waals surface area contributed by atoms with Crippen LogP contribution in [0.4, 0.5) is 11.4 Å². The van der Waals surface area contributed by atoms with E-state index in [9.17, 15) is 13.2 Å². The molecule has 26 heavy (non-hydrogen) atoms. The van der Waals surface area contributed by atoms with E-state index < -0.39 is 22.0 Å². The minimum Gasteiger partial charge on any atom is -0.323 e. The van der Waals surface area contributed by atoms with Gasteiger partial charge in [-0.15, -0.1) is 0 Å². The van der Waals surface area contributed by atoms with Gasteiger partial charge in [0.15, 0.2) is 0 Å². The van der Waals surface area contributed by atoms with E-state index in [1.165, 1.54) is 4.31 Å². The second-order valence-corrected chi connectivity index (χ2v) is 8.51. The lowest BCUT2D eigenvalue weighted by Gasteiger charge is -2.31. The third kappa shape index (κ3) is 4.56. The quantitative estimate of drug-likeness (QED) is 0.800. The van der Waals surface area contributed by atoms with Gasteiger partial charge in [0.1, 0.15) is 6.04 Å². The van der Waals surface area contributed by atoms with Crippen LogP contribution in [0.5, 0.6) is 0 Å². The lowest BCUT2D eigenvalue weighted by Crippen LogP contribution is -2.47. The lowest BCUT2D eigenvalue weighted by atomic mass is 10.1. The van der Waals surface area contributed by atoms with Gasteiger partial charge in [0.25, 0.3) is 0 Å². The topological polar surface area (TPSA) is 66.5 Å². The zero-order valence-electron chi connectivity index (χ0n) is 15.3. The number of hydrogen-bond donors (Lipinski definition) is 1. The number of benzene rings is 2. The summed E-state index contributed by atoms with van der Waals surface area (Å²) in [5.41, 5.74) is 2.66. The van der Waals surface area contributed by atoms with E-state index >= 15 is 0 Å². The summed E-state index contributed by atoms with van der Waals surface area (Å²) in [6.07, 6.45) is 1.43. The molecule has 0 saturated carbocycles. The average molecular weight is 395 g/mol. The molecular weight excluding hydrogens is 372 g/mol. The molecule has 0 heterocycles. The van der Waals surface area contributed by atoms with Crippen LogP contribution >= 0.6 is 11.6 Å². The van der Waals surface area contributed by atoms with Crippen molar-refractivity contribution < 1.29 is 13.2 Å². The van der Waals surface area contributed by atoms with Crippen molar-refractivity contribution in [3.05, 3.63) is 58.6 Å². The van der Waals surface area contributed by atoms with Crippen LogP contribution in [0.3, 0.4) is 0 Å². The number of anilines is 2. The van der Waals surface area contributed by atoms with Crippen molar-refractivity contribution in [1.29, 1.82) is 0 Å². The van der Waals surface area contributed by atoms with Gasteiger partial charge >= 0.3 is 0 Å². The summed E-state index contributed by atoms with van der Waals surface area (Å²) in [5, 5.41) is 3.14. The number of halogens is 1. The maximum Gasteiger partial charge on any atom is 0.248 e. The zero-order chi connectivity index (χ0) is 19.5. The summed E-state index contributed by atoms with van der Waals surface area (Å²) in [6, 6.07) is 11.5. The zero-order valence-corrected chi connectivity index (χ0v) is 16.9. The molecule has 2 rings (SSSR count). The van der Waals surface area contributed by atoms with Crippen LogP contribution in [0.2, 0.25) is 5.02 Å². The van der Waals surface area contributed by atoms with Gasteiger partial charge in [0.2, 0.25) is 15.9 Å². The number of nitrogens with one attached hydrogen (secondary N) is 1. The van der Waals surface area contributed by atoms with Gasteiger partial charge in [-0.3, -0.25) is 9.10 Å². The molecule has 0 radical (unpaired) electrons. The minimum atomic E-state index is -3.68. The fourth-order valence-electron chi connectivity index (χ4n) is 2.77. The van der Waals surface area contributed by atoms with Crippen LogP contribution in [0.15, 0.2) is 42.5 Å². The highest BCUT2D eigenvalue weighted by Crippen LogP contribution is 2.28. The van der Waals surface area contributed by atoms with Gasteiger partial charge in [-0.1, -0.05) is 42.8 Å². The van der Waals surface area contributed by atoms with Crippen LogP contribution in [0.25, 0.3) is 0 Å². The van der Waals surface area contributed by atoms with Gasteiger partial charge in [-0.05, 0) is 49.6 Å². The molecule has 5 nitrogen and oxygen atoms in total. The van der Waals surface area contributed by atoms with Crippen LogP contribution in [-0.4, -0.2) is 26.6 Å². The van der Waals surface area contributed by atoms with Crippen molar-refractivity contribution in [2.24, 2.45) is 0 Å². The monoisotopic (exact) mass is 394 g/mol. The molecule has 2 aromatic rings. The number of hydrogen-bond acceptors (Lipinski definition) is 3. The number of aryl methyl sites for hydroxylation is 2. The van der Waals surface area contributed by atoms with Gasteiger partial charge in [0, 0.05) is 0 Å². The first-order valence-electron chi connectivity index (χ1n) is 8.27. The predicted octanol–water partition coefficient (Wildman–Crippen LogP) is 4.14. The van der Waals surface area contributed by atoms with Gasteiger partial charge in [-0.2, -0.15) is 0 Å². The van der Waals surface area contributed by atoms with Crippen molar-refractivity contribution in [3.8, 4) is 0 Å². The molecule has 0 fully saturated rings. The smallest absolute Gasteiger partial charge is 0.248 e. The molecule has 0 aliphatic rings. The van der Waals surface area contributed by atoms with Crippen molar-refractivity contribution in [2.45, 2.75) is 33.2 Å². The maximum absolute atomic E-state index is 12.9. The highest BCUT2D eigenvalue weighted by molar-refractivity contribution is 7.92. The minimum absolute atomic E-state index is 0.316. The van der Waals surface area contributed by atoms with Crippen molar-refractivity contribution >= 4 is 38.9 Å². The average Bonchev–Trinajstić information content (AvgIpc) is 2.56. The molecule has 7 heteroatoms. The Morgan fingerprint density at radius 1 is 1.19 bits per heavy atom. The molecule has 0 aromatic heterocycles. The normalized spacial score (nSPS) is 12.5. The number of carbonyl (C=O) groups is 1. The number of para-hydroxylation sites is 1. The highest BCUT2D eigenvalue weighted by atomic mass is 35.5. The Morgan fingerprint density at radius 2 is 1.85 bits per heavy atom. The number of carbonyl (C=O) groups excluding carboxylic acids is 1. The molecule has 1 atom stereocenters. The van der Waals surface area contributed by atoms with Crippen LogP contribution in [-0.2, 0) is 14.8 Å². The number of amides is 1. The van der Waals surface area contributed by atoms with Gasteiger partial charge in [-0.25, -0.2) is 8.42 Å². The molecule has 0 aliphatic carbocycles. The first kappa shape index (κ1) is 20.3. The number of nitrogens with zero attached hydrogens (tertiary/aromatic N) is 1. The van der Waals surface area contributed by atoms with E-state index in [-0.39, 0.29) is 0 Å². The largest absolute Gasteiger partial charge is 0.323 e. The van der Waals surface area contributed by atoms with Crippen LogP contribution in [0, 0.1) is 13.8 Å². The fourth-order valence-corrected chi connectivity index (χ4v) is 4.21. The second-order valence-electron chi connectivity index (χ2n) is 6.24. The van der Waals surface area contributed by atoms with E-state index in [0.29, 0.717) is 22.8 Å². The molecule has 0 bridgehead atoms. The predicted molar refractivity (Wildman–Crippen MR) is 107 cm³/mol. The van der Waals surface area contributed by atoms with E-state index in [0.717, 1.165) is 17.4 Å². The van der Waals surface area contributed by atoms with Crippen molar-refractivity contribution in [2.75, 3.05) is 15.9 Å². The lowest BCUT2D eigenvalue weighted by molar-refractivity contribution is -0.117. The first-order valence-corrected chi connectivity index (χ1v) is 10.5. The van der Waals surface area contributed by atoms with Crippen LogP contribution in [0.1, 0.15) is 24.5 Å². The van der Waals surface area contributed by atoms with E-state index in [2.05, 4.69) is 5.32 Å². The highest BCUT2D eigenvalue weighted by Gasteiger charge is 2.32. The Morgan fingerprint density at radius 3 is 2.42 bits per heavy atom. The standard InChI is InChI=1S/C19H23ClN2O3S/c1-5-17(19(23)21-16-9-7-6-8-15(16)20)22(26(4,24)25)18-12-13(2)10-11-14(18)3/h6-12,17H,5H2,1-4H3,(H,21,23)/t17-/m0/s1. The summed E-state index contributed by atoms with van der Waals surface area (Å²) < 4.78 is 26.3. The molecule has 0 unspecified atom stereocenters. The molecule has 0 aliphatic heterocycles. The second kappa shape index (κ2) is 8.10. The van der Waals surface area contributed by atoms with Gasteiger partial charge in [0.05, 0.1) is 22.7 Å². The Hall–Kier alpha value is -2.05. The molecule has 1 amide bonds. The number of rotatable bonds is 6. The van der Waals surface area contributed by atoms with E-state index in [1.54, 1.807) is 37.3 Å². The molecule has 2 aromatic carbocycles. The third-order valence-corrected chi connectivity index (χ3v) is 5.56. The third-order valence-electron chi connectivity index (χ3n) is 4.06. The Balaban J connectivity index is 2.47. The maximum atomic E-state index is 12.9. The Bertz CT molecular complexity index is 913. The SMILES string of the molecule is CC[C@@H](C(=O)Nc1ccccc1Cl)N(c1cc(C)ccc1C)S(C)(=O)=O. The van der Waals surface area contributed by atoms with Crippen molar-refractivity contribution in [1.82, 2.24) is 0 Å². The van der Waals surface area contributed by atoms with E-state index in [1.807, 2.05) is 26.0 Å². The summed E-state index contributed by atoms with van der Waals surface area (Å²) in [5.74, 6) is -0.424. The molecular formula is C19H23ClN2O3S. The Kier molecular flexibility index (Phi) is 6.31. The summed E-state index contributed by atoms with van der Waals surface area (Å²) in [4.78, 5) is 12.9. The van der Waals surface area contributed by atoms with Crippen LogP contribution < -0.4 is 9.62 Å². The van der Waals surface area contributed by atoms with Gasteiger partial charge < -0.3 is 5.32 Å². The summed E-state index contributed by atoms with van der Waals surface area (Å²) in [6.45, 7) is 5.49. The Labute approximate surface area is 160 Å². The summed E-state index contributed by atoms with van der Waals surface area (Å²) in [7, 11) is -3.68. The first-order chi connectivity index (χ1) is 12.1. The molecule has 0 saturated heterocycles. The number of sulfonamides is 1. The molecule has 1 N–H and O–H groups in total. The summed E-state index contributed by atoms with van der Waals surface area (Å²) >= 11 is 6.10.